The molecule has 12 heavy (non-hydrogen) atoms. The molecule has 1 aromatic carbocycles. The molecule has 0 saturated heterocycles. The molecule has 0 bridgehead atoms. The second-order valence-electron chi connectivity index (χ2n) is 1.93. The van der Waals surface area contributed by atoms with E-state index < -0.39 is 14.8 Å². The maximum absolute atomic E-state index is 8.58. The lowest BCUT2D eigenvalue weighted by Gasteiger charge is -1.94. The summed E-state index contributed by atoms with van der Waals surface area (Å²) in [7, 11) is -2.09. The average Bonchev–Trinajstić information content (AvgIpc) is 2.07. The van der Waals surface area contributed by atoms with Crippen molar-refractivity contribution in [1.29, 1.82) is 0 Å². The first-order valence-electron chi connectivity index (χ1n) is 3.35. The summed E-state index contributed by atoms with van der Waals surface area (Å²) >= 11 is 0. The normalized spacial score (nSPS) is 8.00. The molecule has 0 spiro atoms. The lowest BCUT2D eigenvalue weighted by Crippen LogP contribution is -2.29. The maximum Gasteiger partial charge on any atom is 0.488 e. The molecule has 0 radical (unpaired) electrons. The molecule has 6 heteroatoms. The molecule has 1 aromatic rings. The van der Waals surface area contributed by atoms with E-state index in [4.69, 9.17) is 20.1 Å². The number of benzene rings is 1. The highest BCUT2D eigenvalue weighted by Gasteiger charge is 2.07. The Morgan fingerprint density at radius 3 is 1.67 bits per heavy atom. The van der Waals surface area contributed by atoms with E-state index in [9.17, 15) is 0 Å². The van der Waals surface area contributed by atoms with E-state index in [0.717, 1.165) is 0 Å². The van der Waals surface area contributed by atoms with E-state index in [1.165, 1.54) is 0 Å². The van der Waals surface area contributed by atoms with Crippen molar-refractivity contribution in [2.75, 3.05) is 0 Å². The van der Waals surface area contributed by atoms with Gasteiger partial charge in [0.05, 0.1) is 0 Å². The molecule has 0 aromatic heterocycles. The number of hydrogen-bond acceptors (Lipinski definition) is 4. The van der Waals surface area contributed by atoms with E-state index in [1.54, 1.807) is 24.3 Å². The largest absolute Gasteiger partial charge is 0.488 e. The fraction of sp³-hybridized carbons (Fsp3) is 0. The molecule has 0 aliphatic carbocycles. The lowest BCUT2D eigenvalue weighted by molar-refractivity contribution is 0.425. The summed E-state index contributed by atoms with van der Waals surface area (Å²) < 4.78 is 0. The zero-order chi connectivity index (χ0) is 9.40. The summed E-state index contributed by atoms with van der Waals surface area (Å²) in [6.45, 7) is 0. The highest BCUT2D eigenvalue weighted by molar-refractivity contribution is 6.58. The molecule has 0 aliphatic heterocycles. The highest BCUT2D eigenvalue weighted by Crippen LogP contribution is 1.82. The minimum atomic E-state index is -1.34. The molecule has 1 rings (SSSR count). The van der Waals surface area contributed by atoms with Gasteiger partial charge in [-0.3, -0.25) is 0 Å². The fourth-order valence-corrected chi connectivity index (χ4v) is 0.625. The van der Waals surface area contributed by atoms with Crippen molar-refractivity contribution in [2.24, 2.45) is 0 Å². The van der Waals surface area contributed by atoms with Crippen LogP contribution in [0.4, 0.5) is 0 Å². The Bertz CT molecular complexity index is 192. The van der Waals surface area contributed by atoms with Crippen molar-refractivity contribution >= 4 is 20.3 Å². The van der Waals surface area contributed by atoms with E-state index in [1.807, 2.05) is 6.07 Å². The van der Waals surface area contributed by atoms with Crippen molar-refractivity contribution < 1.29 is 20.1 Å². The van der Waals surface area contributed by atoms with E-state index in [2.05, 4.69) is 0 Å². The molecule has 0 heterocycles. The van der Waals surface area contributed by atoms with Crippen LogP contribution in [0.3, 0.4) is 0 Å². The van der Waals surface area contributed by atoms with Crippen LogP contribution in [-0.4, -0.2) is 34.9 Å². The van der Waals surface area contributed by atoms with Crippen LogP contribution in [0.25, 0.3) is 0 Å². The topological polar surface area (TPSA) is 80.9 Å². The van der Waals surface area contributed by atoms with E-state index in [-0.39, 0.29) is 0 Å². The van der Waals surface area contributed by atoms with Crippen LogP contribution in [0.5, 0.6) is 0 Å². The minimum Gasteiger partial charge on any atom is -0.430 e. The Kier molecular flexibility index (Phi) is 6.41. The Morgan fingerprint density at radius 2 is 1.42 bits per heavy atom. The summed E-state index contributed by atoms with van der Waals surface area (Å²) in [5.74, 6) is 0. The summed E-state index contributed by atoms with van der Waals surface area (Å²) in [6.07, 6.45) is 0. The minimum absolute atomic E-state index is 0.525. The van der Waals surface area contributed by atoms with Gasteiger partial charge >= 0.3 is 14.8 Å². The second-order valence-corrected chi connectivity index (χ2v) is 1.93. The van der Waals surface area contributed by atoms with Gasteiger partial charge in [-0.15, -0.1) is 0 Å². The molecule has 0 atom stereocenters. The fourth-order valence-electron chi connectivity index (χ4n) is 0.625. The van der Waals surface area contributed by atoms with Crippen molar-refractivity contribution in [1.82, 2.24) is 0 Å². The third-order valence-electron chi connectivity index (χ3n) is 1.10. The highest BCUT2D eigenvalue weighted by atomic mass is 16.4. The summed E-state index contributed by atoms with van der Waals surface area (Å²) in [5.41, 5.74) is 0.525. The Labute approximate surface area is 71.6 Å². The number of hydrogen-bond donors (Lipinski definition) is 4. The predicted molar refractivity (Wildman–Crippen MR) is 47.9 cm³/mol. The Morgan fingerprint density at radius 1 is 1.00 bits per heavy atom. The Hall–Kier alpha value is -0.810. The van der Waals surface area contributed by atoms with Crippen LogP contribution in [0.2, 0.25) is 0 Å². The summed E-state index contributed by atoms with van der Waals surface area (Å²) in [4.78, 5) is 0. The van der Waals surface area contributed by atoms with Gasteiger partial charge in [0, 0.05) is 0 Å². The van der Waals surface area contributed by atoms with Gasteiger partial charge in [0.2, 0.25) is 0 Å². The molecule has 0 saturated carbocycles. The van der Waals surface area contributed by atoms with Crippen LogP contribution in [0.1, 0.15) is 0 Å². The van der Waals surface area contributed by atoms with Crippen LogP contribution >= 0.6 is 0 Å². The van der Waals surface area contributed by atoms with Gasteiger partial charge in [-0.25, -0.2) is 0 Å². The molecule has 0 fully saturated rings. The molecule has 4 nitrogen and oxygen atoms in total. The zero-order valence-corrected chi connectivity index (χ0v) is 6.46. The molecule has 0 amide bonds. The van der Waals surface area contributed by atoms with Gasteiger partial charge in [0.25, 0.3) is 0 Å². The molecule has 4 N–H and O–H groups in total. The number of rotatable bonds is 1. The first-order chi connectivity index (χ1) is 5.72. The van der Waals surface area contributed by atoms with E-state index >= 15 is 0 Å². The first-order valence-corrected chi connectivity index (χ1v) is 3.35. The monoisotopic (exact) mass is 168 g/mol. The van der Waals surface area contributed by atoms with Crippen molar-refractivity contribution in [3.63, 3.8) is 0 Å². The van der Waals surface area contributed by atoms with Crippen molar-refractivity contribution in [2.45, 2.75) is 0 Å². The molecular formula is C6H10B2O4. The molecule has 0 aliphatic rings. The third-order valence-corrected chi connectivity index (χ3v) is 1.10. The lowest BCUT2D eigenvalue weighted by atomic mass is 9.81. The first kappa shape index (κ1) is 11.2. The maximum atomic E-state index is 8.58. The van der Waals surface area contributed by atoms with Crippen LogP contribution in [0, 0.1) is 0 Å². The van der Waals surface area contributed by atoms with Crippen molar-refractivity contribution in [3.05, 3.63) is 30.3 Å². The third kappa shape index (κ3) is 4.92. The SMILES string of the molecule is OB(O)c1ccccc1.OBO. The van der Waals surface area contributed by atoms with Gasteiger partial charge in [0.15, 0.2) is 0 Å². The van der Waals surface area contributed by atoms with E-state index in [0.29, 0.717) is 5.46 Å². The average molecular weight is 168 g/mol. The molecular weight excluding hydrogens is 158 g/mol. The van der Waals surface area contributed by atoms with Crippen LogP contribution in [-0.2, 0) is 0 Å². The second kappa shape index (κ2) is 6.87. The smallest absolute Gasteiger partial charge is 0.430 e. The van der Waals surface area contributed by atoms with Gasteiger partial charge < -0.3 is 20.1 Å². The van der Waals surface area contributed by atoms with Gasteiger partial charge in [0.1, 0.15) is 0 Å². The molecule has 64 valence electrons. The van der Waals surface area contributed by atoms with Crippen LogP contribution < -0.4 is 5.46 Å². The van der Waals surface area contributed by atoms with Gasteiger partial charge in [-0.05, 0) is 5.46 Å². The quantitative estimate of drug-likeness (QED) is 0.352. The van der Waals surface area contributed by atoms with Gasteiger partial charge in [-0.1, -0.05) is 30.3 Å². The predicted octanol–water partition coefficient (Wildman–Crippen LogP) is -2.40. The van der Waals surface area contributed by atoms with Gasteiger partial charge in [-0.2, -0.15) is 0 Å². The Balaban J connectivity index is 0.000000354. The standard InChI is InChI=1S/C6H7BO2.BH3O2/c8-7(9)6-4-2-1-3-5-6;2-1-3/h1-5,8-9H;1-3H. The summed E-state index contributed by atoms with van der Waals surface area (Å²) in [5, 5.41) is 31.4. The van der Waals surface area contributed by atoms with Crippen molar-refractivity contribution in [3.8, 4) is 0 Å². The zero-order valence-electron chi connectivity index (χ0n) is 6.46. The summed E-state index contributed by atoms with van der Waals surface area (Å²) in [6, 6.07) is 8.66. The van der Waals surface area contributed by atoms with Crippen LogP contribution in [0.15, 0.2) is 30.3 Å². The molecule has 0 unspecified atom stereocenters.